The normalized spacial score (nSPS) is 17.4. The predicted octanol–water partition coefficient (Wildman–Crippen LogP) is 10.6. The molecule has 1 aliphatic rings. The van der Waals surface area contributed by atoms with Crippen LogP contribution in [0, 0.1) is 11.8 Å². The Hall–Kier alpha value is -7.38. The van der Waals surface area contributed by atoms with Crippen LogP contribution in [-0.4, -0.2) is 56.3 Å². The molecule has 0 radical (unpaired) electrons. The van der Waals surface area contributed by atoms with Crippen LogP contribution < -0.4 is 10.6 Å². The minimum Gasteiger partial charge on any atom is -0.358 e. The second kappa shape index (κ2) is 19.8. The van der Waals surface area contributed by atoms with E-state index in [9.17, 15) is 9.59 Å². The number of anilines is 2. The number of benzene rings is 6. The number of fused-ring (bicyclic) bond motifs is 1. The number of imidazole rings is 1. The summed E-state index contributed by atoms with van der Waals surface area (Å²) in [7, 11) is 0. The number of aromatic nitrogens is 4. The lowest BCUT2D eigenvalue weighted by atomic mass is 9.79. The van der Waals surface area contributed by atoms with Crippen LogP contribution in [0.4, 0.5) is 16.2 Å². The summed E-state index contributed by atoms with van der Waals surface area (Å²) in [6, 6.07) is 59.2. The van der Waals surface area contributed by atoms with Gasteiger partial charge in [-0.3, -0.25) is 19.5 Å². The Kier molecular flexibility index (Phi) is 13.4. The van der Waals surface area contributed by atoms with Crippen molar-refractivity contribution >= 4 is 34.7 Å². The Morgan fingerprint density at radius 3 is 1.41 bits per heavy atom. The van der Waals surface area contributed by atoms with Gasteiger partial charge in [-0.2, -0.15) is 9.97 Å². The molecule has 1 saturated heterocycles. The number of alkyl halides is 1. The average molecular weight is 909 g/mol. The van der Waals surface area contributed by atoms with E-state index in [4.69, 9.17) is 19.2 Å². The van der Waals surface area contributed by atoms with Crippen LogP contribution in [0.2, 0.25) is 0 Å². The molecule has 11 nitrogen and oxygen atoms in total. The van der Waals surface area contributed by atoms with Crippen LogP contribution >= 0.6 is 0 Å². The maximum Gasteiger partial charge on any atom is 0.233 e. The Balaban J connectivity index is 1.22. The van der Waals surface area contributed by atoms with E-state index in [2.05, 4.69) is 20.6 Å². The van der Waals surface area contributed by atoms with E-state index in [0.29, 0.717) is 0 Å². The number of nitrogens with one attached hydrogen (secondary N) is 2. The molecule has 0 spiro atoms. The van der Waals surface area contributed by atoms with Gasteiger partial charge in [-0.15, -0.1) is 0 Å². The number of halogens is 1. The highest BCUT2D eigenvalue weighted by atomic mass is 19.1. The lowest BCUT2D eigenvalue weighted by Crippen LogP contribution is -2.45. The molecule has 8 aromatic rings. The number of nitrogens with zero attached hydrogens (tertiary/aromatic N) is 4. The summed E-state index contributed by atoms with van der Waals surface area (Å²) >= 11 is 0. The number of hydrogen-bond acceptors (Lipinski definition) is 8. The number of carbonyl (C=O) groups is 2. The molecule has 4 atom stereocenters. The van der Waals surface area contributed by atoms with E-state index in [0.717, 1.165) is 33.4 Å². The maximum absolute atomic E-state index is 18.6. The van der Waals surface area contributed by atoms with Crippen molar-refractivity contribution in [3.05, 3.63) is 222 Å². The number of carbonyl (C=O) groups excluding carboxylic acids is 2. The molecule has 68 heavy (non-hydrogen) atoms. The molecule has 2 aromatic heterocycles. The standard InChI is InChI=1S/C56H53FN6O5/c1-37(2)51(64)59-49-47-50(61-54(60-49)62-52(65)38(3)4)63(36-58-47)53-46(57)48(68-56(42-29-17-8-18-30-42,43-31-19-9-20-32-43)44-33-21-10-22-34-44)45(67-53)35-66-55(39-23-11-5-12-24-39,40-25-13-6-14-26-40)41-27-15-7-16-28-41/h5-34,36-38,45-46,48,53H,35H2,1-4H3,(H2,59,60,61,62,64,65)/t45-,46-,48-,53-/m1/s1. The Morgan fingerprint density at radius 1 is 0.603 bits per heavy atom. The summed E-state index contributed by atoms with van der Waals surface area (Å²) in [6.45, 7) is 6.83. The zero-order valence-corrected chi connectivity index (χ0v) is 38.3. The summed E-state index contributed by atoms with van der Waals surface area (Å²) < 4.78 is 41.9. The number of rotatable bonds is 16. The molecule has 0 saturated carbocycles. The molecule has 0 aliphatic carbocycles. The van der Waals surface area contributed by atoms with Gasteiger partial charge in [0.1, 0.15) is 23.4 Å². The van der Waals surface area contributed by atoms with Gasteiger partial charge in [0.15, 0.2) is 29.4 Å². The van der Waals surface area contributed by atoms with E-state index in [1.165, 1.54) is 10.9 Å². The molecule has 0 unspecified atom stereocenters. The summed E-state index contributed by atoms with van der Waals surface area (Å²) in [5, 5.41) is 5.58. The SMILES string of the molecule is CC(C)C(=O)Nc1nc(NC(=O)C(C)C)c2ncn([C@@H]3O[C@H](COC(c4ccccc4)(c4ccccc4)c4ccccc4)[C@@H](OC(c4ccccc4)(c4ccccc4)c4ccccc4)[C@H]3F)c2n1. The van der Waals surface area contributed by atoms with E-state index in [1.807, 2.05) is 182 Å². The van der Waals surface area contributed by atoms with Crippen LogP contribution in [0.25, 0.3) is 11.2 Å². The molecule has 9 rings (SSSR count). The lowest BCUT2D eigenvalue weighted by Gasteiger charge is -2.40. The van der Waals surface area contributed by atoms with Crippen molar-refractivity contribution in [2.45, 2.75) is 63.5 Å². The minimum atomic E-state index is -1.88. The fourth-order valence-corrected chi connectivity index (χ4v) is 8.86. The predicted molar refractivity (Wildman–Crippen MR) is 260 cm³/mol. The monoisotopic (exact) mass is 908 g/mol. The van der Waals surface area contributed by atoms with E-state index < -0.39 is 47.6 Å². The molecule has 0 bridgehead atoms. The van der Waals surface area contributed by atoms with Crippen molar-refractivity contribution in [1.82, 2.24) is 19.5 Å². The molecular formula is C56H53FN6O5. The van der Waals surface area contributed by atoms with Crippen LogP contribution in [0.1, 0.15) is 67.3 Å². The van der Waals surface area contributed by atoms with Crippen molar-refractivity contribution in [2.24, 2.45) is 11.8 Å². The number of ether oxygens (including phenoxy) is 3. The van der Waals surface area contributed by atoms with E-state index in [1.54, 1.807) is 27.7 Å². The fourth-order valence-electron chi connectivity index (χ4n) is 8.86. The number of hydrogen-bond donors (Lipinski definition) is 2. The molecular weight excluding hydrogens is 856 g/mol. The topological polar surface area (TPSA) is 129 Å². The van der Waals surface area contributed by atoms with Crippen LogP contribution in [0.5, 0.6) is 0 Å². The highest BCUT2D eigenvalue weighted by Gasteiger charge is 2.53. The second-order valence-corrected chi connectivity index (χ2v) is 17.5. The fraction of sp³-hybridized carbons (Fsp3) is 0.232. The molecule has 6 aromatic carbocycles. The lowest BCUT2D eigenvalue weighted by molar-refractivity contribution is -0.128. The molecule has 12 heteroatoms. The van der Waals surface area contributed by atoms with Crippen molar-refractivity contribution in [1.29, 1.82) is 0 Å². The third-order valence-electron chi connectivity index (χ3n) is 12.3. The smallest absolute Gasteiger partial charge is 0.233 e. The van der Waals surface area contributed by atoms with Gasteiger partial charge < -0.3 is 19.5 Å². The van der Waals surface area contributed by atoms with Crippen molar-refractivity contribution < 1.29 is 28.2 Å². The zero-order valence-electron chi connectivity index (χ0n) is 38.3. The molecule has 2 amide bonds. The van der Waals surface area contributed by atoms with Crippen LogP contribution in [-0.2, 0) is 35.0 Å². The Labute approximate surface area is 395 Å². The number of amides is 2. The van der Waals surface area contributed by atoms with E-state index >= 15 is 4.39 Å². The third kappa shape index (κ3) is 8.81. The van der Waals surface area contributed by atoms with Gasteiger partial charge >= 0.3 is 0 Å². The van der Waals surface area contributed by atoms with Gasteiger partial charge in [-0.1, -0.05) is 210 Å². The van der Waals surface area contributed by atoms with Crippen LogP contribution in [0.3, 0.4) is 0 Å². The summed E-state index contributed by atoms with van der Waals surface area (Å²) in [5.74, 6) is -1.52. The first-order valence-electron chi connectivity index (χ1n) is 22.9. The van der Waals surface area contributed by atoms with Crippen molar-refractivity contribution in [3.8, 4) is 0 Å². The maximum atomic E-state index is 18.6. The van der Waals surface area contributed by atoms with Gasteiger partial charge in [0.05, 0.1) is 12.9 Å². The van der Waals surface area contributed by atoms with Crippen molar-refractivity contribution in [2.75, 3.05) is 17.2 Å². The Morgan fingerprint density at radius 2 is 1.00 bits per heavy atom. The van der Waals surface area contributed by atoms with Gasteiger partial charge in [-0.25, -0.2) is 9.37 Å². The first kappa shape index (κ1) is 45.8. The highest BCUT2D eigenvalue weighted by Crippen LogP contribution is 2.48. The van der Waals surface area contributed by atoms with E-state index in [-0.39, 0.29) is 41.4 Å². The van der Waals surface area contributed by atoms with Crippen molar-refractivity contribution in [3.63, 3.8) is 0 Å². The van der Waals surface area contributed by atoms with Gasteiger partial charge in [0, 0.05) is 11.8 Å². The van der Waals surface area contributed by atoms with Gasteiger partial charge in [-0.05, 0) is 33.4 Å². The molecule has 3 heterocycles. The van der Waals surface area contributed by atoms with Crippen LogP contribution in [0.15, 0.2) is 188 Å². The largest absolute Gasteiger partial charge is 0.358 e. The first-order chi connectivity index (χ1) is 33.1. The summed E-state index contributed by atoms with van der Waals surface area (Å²) in [5.41, 5.74) is 2.67. The molecule has 1 aliphatic heterocycles. The molecule has 344 valence electrons. The average Bonchev–Trinajstić information content (AvgIpc) is 3.94. The summed E-state index contributed by atoms with van der Waals surface area (Å²) in [4.78, 5) is 40.0. The quantitative estimate of drug-likeness (QED) is 0.0917. The molecule has 1 fully saturated rings. The summed E-state index contributed by atoms with van der Waals surface area (Å²) in [6.07, 6.45) is -4.23. The zero-order chi connectivity index (χ0) is 47.3. The Bertz CT molecular complexity index is 2750. The van der Waals surface area contributed by atoms with Gasteiger partial charge in [0.25, 0.3) is 0 Å². The minimum absolute atomic E-state index is 0.0576. The third-order valence-corrected chi connectivity index (χ3v) is 12.3. The van der Waals surface area contributed by atoms with Gasteiger partial charge in [0.2, 0.25) is 17.8 Å². The second-order valence-electron chi connectivity index (χ2n) is 17.5. The molecule has 2 N–H and O–H groups in total. The first-order valence-corrected chi connectivity index (χ1v) is 22.9. The highest BCUT2D eigenvalue weighted by molar-refractivity contribution is 5.99.